The largest absolute Gasteiger partial charge is 0.491 e. The van der Waals surface area contributed by atoms with Crippen molar-refractivity contribution in [3.05, 3.63) is 29.3 Å². The Hall–Kier alpha value is -1.87. The number of carbonyl (C=O) groups is 1. The van der Waals surface area contributed by atoms with Gasteiger partial charge in [0.2, 0.25) is 5.91 Å². The van der Waals surface area contributed by atoms with Gasteiger partial charge in [-0.15, -0.1) is 0 Å². The van der Waals surface area contributed by atoms with Gasteiger partial charge in [0.15, 0.2) is 0 Å². The molecule has 324 valence electrons. The number of aliphatic hydroxyl groups excluding tert-OH is 1. The zero-order chi connectivity index (χ0) is 40.0. The van der Waals surface area contributed by atoms with E-state index in [1.54, 1.807) is 0 Å². The molecule has 0 bridgehead atoms. The van der Waals surface area contributed by atoms with Crippen LogP contribution in [0.2, 0.25) is 0 Å². The number of nitrogens with one attached hydrogen (secondary N) is 4. The van der Waals surface area contributed by atoms with Crippen LogP contribution in [0.15, 0.2) is 18.2 Å². The predicted molar refractivity (Wildman–Crippen MR) is 227 cm³/mol. The summed E-state index contributed by atoms with van der Waals surface area (Å²) in [6.07, 6.45) is 16.1. The van der Waals surface area contributed by atoms with Gasteiger partial charge in [-0.1, -0.05) is 71.3 Å². The smallest absolute Gasteiger partial charge is 0.237 e. The molecule has 5 aliphatic rings. The molecule has 4 saturated heterocycles. The maximum Gasteiger partial charge on any atom is 0.237 e. The third-order valence-corrected chi connectivity index (χ3v) is 13.4. The highest BCUT2D eigenvalue weighted by Crippen LogP contribution is 2.28. The van der Waals surface area contributed by atoms with Crippen LogP contribution in [0.4, 0.5) is 0 Å². The third kappa shape index (κ3) is 13.3. The first-order valence-electron chi connectivity index (χ1n) is 23.2. The highest BCUT2D eigenvalue weighted by molar-refractivity contribution is 5.82. The van der Waals surface area contributed by atoms with Gasteiger partial charge < -0.3 is 24.6 Å². The maximum atomic E-state index is 14.1. The molecule has 0 aromatic heterocycles. The second-order valence-corrected chi connectivity index (χ2v) is 18.0. The Kier molecular flexibility index (Phi) is 18.2. The van der Waals surface area contributed by atoms with E-state index in [2.05, 4.69) is 81.9 Å². The van der Waals surface area contributed by atoms with E-state index in [0.29, 0.717) is 44.4 Å². The number of carbonyl (C=O) groups excluding carboxylic acids is 1. The summed E-state index contributed by atoms with van der Waals surface area (Å²) < 4.78 is 17.9. The van der Waals surface area contributed by atoms with Gasteiger partial charge in [-0.2, -0.15) is 0 Å². The molecule has 1 aromatic carbocycles. The van der Waals surface area contributed by atoms with E-state index in [1.807, 2.05) is 0 Å². The molecule has 0 radical (unpaired) electrons. The number of aryl methyl sites for hydroxylation is 2. The fraction of sp³-hybridized carbons (Fsp3) is 0.844. The number of amides is 1. The number of hydrogen-bond donors (Lipinski definition) is 5. The summed E-state index contributed by atoms with van der Waals surface area (Å²) in [6, 6.07) is 7.68. The van der Waals surface area contributed by atoms with Gasteiger partial charge in [-0.25, -0.2) is 0 Å². The van der Waals surface area contributed by atoms with Crippen LogP contribution in [0, 0.1) is 5.92 Å². The fourth-order valence-electron chi connectivity index (χ4n) is 9.67. The molecule has 1 saturated carbocycles. The van der Waals surface area contributed by atoms with Gasteiger partial charge in [0.1, 0.15) is 24.8 Å². The number of benzene rings is 1. The second-order valence-electron chi connectivity index (χ2n) is 18.0. The molecular weight excluding hydrogens is 719 g/mol. The van der Waals surface area contributed by atoms with Crippen LogP contribution in [0.5, 0.6) is 5.75 Å². The summed E-state index contributed by atoms with van der Waals surface area (Å²) in [5.41, 5.74) is 2.68. The summed E-state index contributed by atoms with van der Waals surface area (Å²) >= 11 is 0. The van der Waals surface area contributed by atoms with E-state index < -0.39 is 6.10 Å². The van der Waals surface area contributed by atoms with Crippen molar-refractivity contribution in [3.63, 3.8) is 0 Å². The third-order valence-electron chi connectivity index (χ3n) is 13.4. The minimum atomic E-state index is -0.584. The van der Waals surface area contributed by atoms with Gasteiger partial charge in [-0.3, -0.25) is 35.4 Å². The Morgan fingerprint density at radius 3 is 2.47 bits per heavy atom. The normalized spacial score (nSPS) is 27.6. The molecule has 1 aliphatic carbocycles. The van der Waals surface area contributed by atoms with Gasteiger partial charge in [0.05, 0.1) is 44.3 Å². The average Bonchev–Trinajstić information content (AvgIpc) is 3.92. The number of nitrogens with zero attached hydrogens (tertiary/aromatic N) is 3. The van der Waals surface area contributed by atoms with E-state index in [0.717, 1.165) is 83.7 Å². The molecule has 1 aromatic rings. The molecule has 6 rings (SSSR count). The fourth-order valence-corrected chi connectivity index (χ4v) is 9.67. The molecule has 6 atom stereocenters. The molecule has 5 N–H and O–H groups in total. The Morgan fingerprint density at radius 2 is 1.75 bits per heavy atom. The molecule has 1 amide bonds. The Bertz CT molecular complexity index is 1320. The van der Waals surface area contributed by atoms with Crippen molar-refractivity contribution in [3.8, 4) is 5.75 Å². The lowest BCUT2D eigenvalue weighted by Gasteiger charge is -2.50. The van der Waals surface area contributed by atoms with Crippen molar-refractivity contribution < 1.29 is 24.1 Å². The lowest BCUT2D eigenvalue weighted by atomic mass is 9.87. The zero-order valence-corrected chi connectivity index (χ0v) is 36.0. The number of ether oxygens (including phenoxy) is 3. The van der Waals surface area contributed by atoms with E-state index in [-0.39, 0.29) is 43.0 Å². The zero-order valence-electron chi connectivity index (χ0n) is 36.0. The standard InChI is InChI=1S/C45H79N7O5/c1-5-7-8-9-10-19-41-42(48-45(49-43(41)47-36-29-55-30-36)51-24-22-50(23-25-51)33(3)4)44(54)46-27-38(53)18-14-11-15-35-26-39(21-20-34(35)6-2)56-31-40-28-52(32-57-40)37-16-12-13-17-37/h20-21,26,33,36-38,40-43,45,47-49,53H,5-19,22-25,27-32H2,1-4H3,(H,46,54)/t38-,40?,41?,42?,43?,45?/m1/s1. The highest BCUT2D eigenvalue weighted by Gasteiger charge is 2.44. The molecule has 12 nitrogen and oxygen atoms in total. The van der Waals surface area contributed by atoms with Gasteiger partial charge >= 0.3 is 0 Å². The molecule has 4 aliphatic heterocycles. The van der Waals surface area contributed by atoms with E-state index in [1.165, 1.54) is 62.5 Å². The summed E-state index contributed by atoms with van der Waals surface area (Å²) in [6.45, 7) is 16.9. The highest BCUT2D eigenvalue weighted by atomic mass is 16.5. The number of rotatable bonds is 23. The van der Waals surface area contributed by atoms with Crippen molar-refractivity contribution in [2.45, 2.75) is 173 Å². The van der Waals surface area contributed by atoms with Crippen molar-refractivity contribution in [1.82, 2.24) is 36.0 Å². The monoisotopic (exact) mass is 798 g/mol. The van der Waals surface area contributed by atoms with Crippen LogP contribution in [-0.4, -0.2) is 140 Å². The van der Waals surface area contributed by atoms with Crippen molar-refractivity contribution in [2.24, 2.45) is 5.92 Å². The van der Waals surface area contributed by atoms with E-state index in [4.69, 9.17) is 14.2 Å². The second kappa shape index (κ2) is 23.2. The molecule has 5 unspecified atom stereocenters. The number of aliphatic hydroxyl groups is 1. The van der Waals surface area contributed by atoms with E-state index in [9.17, 15) is 9.90 Å². The average molecular weight is 798 g/mol. The first kappa shape index (κ1) is 44.7. The number of hydrogen-bond acceptors (Lipinski definition) is 11. The molecule has 4 heterocycles. The SMILES string of the molecule is CCCCCCCC1C(NC2COC2)NC(N2CCN(C(C)C)CC2)NC1C(=O)NC[C@H](O)CCCCc1cc(OCC2CN(C3CCCC3)CO2)ccc1CC. The summed E-state index contributed by atoms with van der Waals surface area (Å²) in [5, 5.41) is 25.8. The minimum absolute atomic E-state index is 0.0000259. The molecule has 12 heteroatoms. The lowest BCUT2D eigenvalue weighted by molar-refractivity contribution is -0.129. The lowest BCUT2D eigenvalue weighted by Crippen LogP contribution is -2.76. The van der Waals surface area contributed by atoms with Gasteiger partial charge in [0.25, 0.3) is 0 Å². The summed E-state index contributed by atoms with van der Waals surface area (Å²) in [5.74, 6) is 0.995. The number of piperazine rings is 1. The maximum absolute atomic E-state index is 14.1. The summed E-state index contributed by atoms with van der Waals surface area (Å²) in [4.78, 5) is 21.6. The van der Waals surface area contributed by atoms with Crippen molar-refractivity contribution >= 4 is 5.91 Å². The molecule has 57 heavy (non-hydrogen) atoms. The van der Waals surface area contributed by atoms with Crippen LogP contribution >= 0.6 is 0 Å². The van der Waals surface area contributed by atoms with E-state index >= 15 is 0 Å². The quantitative estimate of drug-likeness (QED) is 0.100. The minimum Gasteiger partial charge on any atom is -0.491 e. The Balaban J connectivity index is 0.979. The van der Waals surface area contributed by atoms with Crippen LogP contribution in [0.25, 0.3) is 0 Å². The van der Waals surface area contributed by atoms with Crippen molar-refractivity contribution in [2.75, 3.05) is 65.8 Å². The van der Waals surface area contributed by atoms with Crippen LogP contribution < -0.4 is 26.0 Å². The van der Waals surface area contributed by atoms with Crippen molar-refractivity contribution in [1.29, 1.82) is 0 Å². The van der Waals surface area contributed by atoms with Gasteiger partial charge in [-0.05, 0) is 82.1 Å². The summed E-state index contributed by atoms with van der Waals surface area (Å²) in [7, 11) is 0. The molecular formula is C45H79N7O5. The molecule has 0 spiro atoms. The van der Waals surface area contributed by atoms with Crippen LogP contribution in [0.1, 0.15) is 122 Å². The number of unbranched alkanes of at least 4 members (excludes halogenated alkanes) is 5. The molecule has 5 fully saturated rings. The van der Waals surface area contributed by atoms with Crippen LogP contribution in [-0.2, 0) is 27.1 Å². The van der Waals surface area contributed by atoms with Crippen LogP contribution in [0.3, 0.4) is 0 Å². The Morgan fingerprint density at radius 1 is 0.965 bits per heavy atom. The Labute approximate surface area is 344 Å². The predicted octanol–water partition coefficient (Wildman–Crippen LogP) is 4.58. The van der Waals surface area contributed by atoms with Gasteiger partial charge in [0, 0.05) is 57.3 Å². The topological polar surface area (TPSA) is 123 Å². The first-order chi connectivity index (χ1) is 27.8. The first-order valence-corrected chi connectivity index (χ1v) is 23.2.